The van der Waals surface area contributed by atoms with Crippen LogP contribution in [0.2, 0.25) is 10.0 Å². The van der Waals surface area contributed by atoms with Crippen LogP contribution in [0.1, 0.15) is 32.1 Å². The van der Waals surface area contributed by atoms with Gasteiger partial charge < -0.3 is 10.1 Å². The third kappa shape index (κ3) is 2.35. The van der Waals surface area contributed by atoms with Gasteiger partial charge in [0.1, 0.15) is 11.9 Å². The number of rotatable bonds is 3. The number of ether oxygens (including phenoxy) is 1. The molecular weight excluding hydrogens is 281 g/mol. The maximum absolute atomic E-state index is 6.17. The number of nitrogens with one attached hydrogen (secondary N) is 1. The Balaban J connectivity index is 1.76. The van der Waals surface area contributed by atoms with Crippen LogP contribution in [0.4, 0.5) is 0 Å². The zero-order valence-electron chi connectivity index (χ0n) is 11.1. The van der Waals surface area contributed by atoms with Crippen LogP contribution in [0, 0.1) is 5.41 Å². The lowest BCUT2D eigenvalue weighted by Crippen LogP contribution is -2.63. The average Bonchev–Trinajstić information content (AvgIpc) is 2.84. The van der Waals surface area contributed by atoms with E-state index >= 15 is 0 Å². The molecule has 104 valence electrons. The molecule has 0 radical (unpaired) electrons. The van der Waals surface area contributed by atoms with Crippen molar-refractivity contribution < 1.29 is 4.74 Å². The van der Waals surface area contributed by atoms with Gasteiger partial charge in [-0.3, -0.25) is 0 Å². The van der Waals surface area contributed by atoms with E-state index in [1.807, 2.05) is 12.1 Å². The molecule has 2 nitrogen and oxygen atoms in total. The predicted octanol–water partition coefficient (Wildman–Crippen LogP) is 4.29. The van der Waals surface area contributed by atoms with E-state index in [9.17, 15) is 0 Å². The molecule has 0 bridgehead atoms. The fourth-order valence-corrected chi connectivity index (χ4v) is 4.29. The van der Waals surface area contributed by atoms with E-state index in [2.05, 4.69) is 12.4 Å². The lowest BCUT2D eigenvalue weighted by Gasteiger charge is -2.53. The first-order chi connectivity index (χ1) is 9.14. The highest BCUT2D eigenvalue weighted by atomic mass is 35.5. The minimum atomic E-state index is 0.294. The van der Waals surface area contributed by atoms with Crippen LogP contribution < -0.4 is 10.1 Å². The van der Waals surface area contributed by atoms with Gasteiger partial charge in [0.05, 0.1) is 0 Å². The smallest absolute Gasteiger partial charge is 0.122 e. The summed E-state index contributed by atoms with van der Waals surface area (Å²) in [7, 11) is 2.05. The quantitative estimate of drug-likeness (QED) is 0.899. The molecule has 1 N–H and O–H groups in total. The molecule has 2 unspecified atom stereocenters. The maximum Gasteiger partial charge on any atom is 0.122 e. The van der Waals surface area contributed by atoms with Crippen LogP contribution >= 0.6 is 23.2 Å². The lowest BCUT2D eigenvalue weighted by molar-refractivity contribution is -0.0736. The summed E-state index contributed by atoms with van der Waals surface area (Å²) in [4.78, 5) is 0. The van der Waals surface area contributed by atoms with Crippen LogP contribution in [-0.4, -0.2) is 19.2 Å². The minimum Gasteiger partial charge on any atom is -0.490 e. The Labute approximate surface area is 124 Å². The van der Waals surface area contributed by atoms with Gasteiger partial charge in [0.25, 0.3) is 0 Å². The Morgan fingerprint density at radius 3 is 2.37 bits per heavy atom. The van der Waals surface area contributed by atoms with Crippen LogP contribution in [-0.2, 0) is 0 Å². The number of benzene rings is 1. The van der Waals surface area contributed by atoms with Gasteiger partial charge in [0.15, 0.2) is 0 Å². The molecule has 2 aliphatic carbocycles. The van der Waals surface area contributed by atoms with Crippen molar-refractivity contribution >= 4 is 23.2 Å². The molecule has 4 heteroatoms. The Morgan fingerprint density at radius 2 is 1.79 bits per heavy atom. The summed E-state index contributed by atoms with van der Waals surface area (Å²) in [6, 6.07) is 6.03. The summed E-state index contributed by atoms with van der Waals surface area (Å²) >= 11 is 12.1. The molecule has 1 aromatic carbocycles. The first-order valence-corrected chi connectivity index (χ1v) is 7.70. The van der Waals surface area contributed by atoms with Gasteiger partial charge in [-0.1, -0.05) is 36.0 Å². The van der Waals surface area contributed by atoms with E-state index < -0.39 is 0 Å². The van der Waals surface area contributed by atoms with Crippen molar-refractivity contribution in [3.8, 4) is 5.75 Å². The second kappa shape index (κ2) is 5.16. The lowest BCUT2D eigenvalue weighted by atomic mass is 9.60. The van der Waals surface area contributed by atoms with Crippen LogP contribution in [0.25, 0.3) is 0 Å². The van der Waals surface area contributed by atoms with E-state index in [1.54, 1.807) is 6.07 Å². The maximum atomic E-state index is 6.17. The van der Waals surface area contributed by atoms with E-state index in [0.29, 0.717) is 27.6 Å². The third-order valence-corrected chi connectivity index (χ3v) is 5.22. The molecule has 2 fully saturated rings. The monoisotopic (exact) mass is 299 g/mol. The van der Waals surface area contributed by atoms with Gasteiger partial charge >= 0.3 is 0 Å². The summed E-state index contributed by atoms with van der Waals surface area (Å²) in [5, 5.41) is 4.70. The number of halogens is 2. The summed E-state index contributed by atoms with van der Waals surface area (Å²) in [6.45, 7) is 0. The van der Waals surface area contributed by atoms with Crippen LogP contribution in [0.3, 0.4) is 0 Å². The van der Waals surface area contributed by atoms with Gasteiger partial charge in [-0.2, -0.15) is 0 Å². The van der Waals surface area contributed by atoms with Crippen molar-refractivity contribution in [1.29, 1.82) is 0 Å². The highest BCUT2D eigenvalue weighted by Gasteiger charge is 2.56. The zero-order valence-corrected chi connectivity index (χ0v) is 12.6. The highest BCUT2D eigenvalue weighted by Crippen LogP contribution is 2.54. The average molecular weight is 300 g/mol. The fraction of sp³-hybridized carbons (Fsp3) is 0.600. The molecule has 0 saturated heterocycles. The summed E-state index contributed by atoms with van der Waals surface area (Å²) < 4.78 is 6.17. The van der Waals surface area contributed by atoms with Crippen molar-refractivity contribution in [3.63, 3.8) is 0 Å². The van der Waals surface area contributed by atoms with E-state index in [-0.39, 0.29) is 0 Å². The molecule has 0 aromatic heterocycles. The number of hydrogen-bond acceptors (Lipinski definition) is 2. The molecule has 0 amide bonds. The zero-order chi connectivity index (χ0) is 13.5. The largest absolute Gasteiger partial charge is 0.490 e. The summed E-state index contributed by atoms with van der Waals surface area (Å²) in [5.74, 6) is 0.795. The Bertz CT molecular complexity index is 451. The van der Waals surface area contributed by atoms with Crippen LogP contribution in [0.5, 0.6) is 5.75 Å². The topological polar surface area (TPSA) is 21.3 Å². The Morgan fingerprint density at radius 1 is 1.16 bits per heavy atom. The summed E-state index contributed by atoms with van der Waals surface area (Å²) in [5.41, 5.74) is 0.323. The molecule has 0 heterocycles. The summed E-state index contributed by atoms with van der Waals surface area (Å²) in [6.07, 6.45) is 6.51. The van der Waals surface area contributed by atoms with E-state index in [0.717, 1.165) is 12.2 Å². The second-order valence-corrected chi connectivity index (χ2v) is 6.60. The SMILES string of the molecule is CNC1CC(Oc2cc(Cl)cc(Cl)c2)C12CCCC2. The van der Waals surface area contributed by atoms with E-state index in [4.69, 9.17) is 27.9 Å². The van der Waals surface area contributed by atoms with Gasteiger partial charge in [-0.05, 0) is 38.1 Å². The molecular formula is C15H19Cl2NO. The van der Waals surface area contributed by atoms with Crippen molar-refractivity contribution in [1.82, 2.24) is 5.32 Å². The van der Waals surface area contributed by atoms with Crippen LogP contribution in [0.15, 0.2) is 18.2 Å². The van der Waals surface area contributed by atoms with Crippen molar-refractivity contribution in [2.24, 2.45) is 5.41 Å². The molecule has 1 spiro atoms. The van der Waals surface area contributed by atoms with E-state index in [1.165, 1.54) is 25.7 Å². The van der Waals surface area contributed by atoms with Gasteiger partial charge in [-0.25, -0.2) is 0 Å². The Hall–Kier alpha value is -0.440. The van der Waals surface area contributed by atoms with Gasteiger partial charge in [0.2, 0.25) is 0 Å². The van der Waals surface area contributed by atoms with Crippen molar-refractivity contribution in [2.75, 3.05) is 7.05 Å². The third-order valence-electron chi connectivity index (χ3n) is 4.78. The molecule has 2 atom stereocenters. The molecule has 2 saturated carbocycles. The first-order valence-electron chi connectivity index (χ1n) is 6.94. The molecule has 3 rings (SSSR count). The number of hydrogen-bond donors (Lipinski definition) is 1. The highest BCUT2D eigenvalue weighted by molar-refractivity contribution is 6.34. The van der Waals surface area contributed by atoms with Crippen molar-refractivity contribution in [2.45, 2.75) is 44.2 Å². The predicted molar refractivity (Wildman–Crippen MR) is 79.2 cm³/mol. The Kier molecular flexibility index (Phi) is 3.67. The molecule has 19 heavy (non-hydrogen) atoms. The van der Waals surface area contributed by atoms with Gasteiger partial charge in [-0.15, -0.1) is 0 Å². The molecule has 0 aliphatic heterocycles. The van der Waals surface area contributed by atoms with Crippen molar-refractivity contribution in [3.05, 3.63) is 28.2 Å². The standard InChI is InChI=1S/C15H19Cl2NO/c1-18-13-9-14(15(13)4-2-3-5-15)19-12-7-10(16)6-11(17)8-12/h6-8,13-14,18H,2-5,9H2,1H3. The fourth-order valence-electron chi connectivity index (χ4n) is 3.78. The first kappa shape index (κ1) is 13.5. The normalized spacial score (nSPS) is 28.4. The molecule has 1 aromatic rings. The minimum absolute atomic E-state index is 0.294. The molecule has 2 aliphatic rings. The van der Waals surface area contributed by atoms with Gasteiger partial charge in [0, 0.05) is 27.9 Å². The second-order valence-electron chi connectivity index (χ2n) is 5.73.